The number of aromatic nitrogens is 2. The van der Waals surface area contributed by atoms with Gasteiger partial charge in [-0.15, -0.1) is 0 Å². The zero-order chi connectivity index (χ0) is 19.9. The summed E-state index contributed by atoms with van der Waals surface area (Å²) >= 11 is 0. The predicted molar refractivity (Wildman–Crippen MR) is 107 cm³/mol. The fourth-order valence-electron chi connectivity index (χ4n) is 2.75. The SMILES string of the molecule is CCOC(=O)c1nc2ccccc2nc1NCc1ccc(OCC)c(OC)c1. The van der Waals surface area contributed by atoms with Crippen LogP contribution in [-0.2, 0) is 11.3 Å². The summed E-state index contributed by atoms with van der Waals surface area (Å²) in [6.45, 7) is 4.94. The molecule has 1 heterocycles. The maximum atomic E-state index is 12.3. The van der Waals surface area contributed by atoms with Gasteiger partial charge in [0, 0.05) is 6.54 Å². The summed E-state index contributed by atoms with van der Waals surface area (Å²) in [5, 5.41) is 3.19. The van der Waals surface area contributed by atoms with Gasteiger partial charge in [0.1, 0.15) is 0 Å². The lowest BCUT2D eigenvalue weighted by Gasteiger charge is -2.13. The summed E-state index contributed by atoms with van der Waals surface area (Å²) in [5.74, 6) is 1.21. The molecule has 28 heavy (non-hydrogen) atoms. The van der Waals surface area contributed by atoms with Crippen LogP contribution in [0.3, 0.4) is 0 Å². The predicted octanol–water partition coefficient (Wildman–Crippen LogP) is 3.83. The van der Waals surface area contributed by atoms with E-state index in [0.717, 1.165) is 5.56 Å². The van der Waals surface area contributed by atoms with Crippen LogP contribution in [0, 0.1) is 0 Å². The van der Waals surface area contributed by atoms with E-state index in [1.165, 1.54) is 0 Å². The Labute approximate surface area is 163 Å². The third kappa shape index (κ3) is 4.31. The second-order valence-electron chi connectivity index (χ2n) is 5.90. The number of carbonyl (C=O) groups excluding carboxylic acids is 1. The second-order valence-corrected chi connectivity index (χ2v) is 5.90. The van der Waals surface area contributed by atoms with Gasteiger partial charge in [-0.3, -0.25) is 0 Å². The average Bonchev–Trinajstić information content (AvgIpc) is 2.72. The fourth-order valence-corrected chi connectivity index (χ4v) is 2.75. The van der Waals surface area contributed by atoms with E-state index in [1.807, 2.05) is 49.4 Å². The molecule has 7 nitrogen and oxygen atoms in total. The Bertz CT molecular complexity index is 975. The van der Waals surface area contributed by atoms with Crippen LogP contribution >= 0.6 is 0 Å². The Morgan fingerprint density at radius 2 is 1.75 bits per heavy atom. The first-order valence-corrected chi connectivity index (χ1v) is 9.13. The maximum absolute atomic E-state index is 12.3. The number of para-hydroxylation sites is 2. The van der Waals surface area contributed by atoms with Gasteiger partial charge in [0.15, 0.2) is 23.0 Å². The highest BCUT2D eigenvalue weighted by atomic mass is 16.5. The van der Waals surface area contributed by atoms with E-state index in [2.05, 4.69) is 15.3 Å². The minimum absolute atomic E-state index is 0.165. The van der Waals surface area contributed by atoms with Crippen LogP contribution in [0.2, 0.25) is 0 Å². The second kappa shape index (κ2) is 9.03. The molecule has 0 unspecified atom stereocenters. The van der Waals surface area contributed by atoms with Crippen LogP contribution in [0.5, 0.6) is 11.5 Å². The number of rotatable bonds is 8. The molecule has 3 aromatic rings. The molecule has 1 aromatic heterocycles. The molecular weight excluding hydrogens is 358 g/mol. The third-order valence-electron chi connectivity index (χ3n) is 4.03. The number of benzene rings is 2. The number of fused-ring (bicyclic) bond motifs is 1. The number of hydrogen-bond acceptors (Lipinski definition) is 7. The van der Waals surface area contributed by atoms with Gasteiger partial charge in [-0.25, -0.2) is 14.8 Å². The summed E-state index contributed by atoms with van der Waals surface area (Å²) < 4.78 is 16.1. The number of nitrogens with zero attached hydrogens (tertiary/aromatic N) is 2. The number of methoxy groups -OCH3 is 1. The third-order valence-corrected chi connectivity index (χ3v) is 4.03. The molecule has 7 heteroatoms. The van der Waals surface area contributed by atoms with Gasteiger partial charge in [-0.1, -0.05) is 18.2 Å². The van der Waals surface area contributed by atoms with Crippen molar-refractivity contribution in [2.24, 2.45) is 0 Å². The summed E-state index contributed by atoms with van der Waals surface area (Å²) in [5.41, 5.74) is 2.45. The number of hydrogen-bond donors (Lipinski definition) is 1. The van der Waals surface area contributed by atoms with Gasteiger partial charge < -0.3 is 19.5 Å². The molecule has 2 aromatic carbocycles. The lowest BCUT2D eigenvalue weighted by molar-refractivity contribution is 0.0520. The van der Waals surface area contributed by atoms with Crippen molar-refractivity contribution in [3.05, 3.63) is 53.7 Å². The summed E-state index contributed by atoms with van der Waals surface area (Å²) in [6.07, 6.45) is 0. The Hall–Kier alpha value is -3.35. The number of anilines is 1. The lowest BCUT2D eigenvalue weighted by atomic mass is 10.2. The van der Waals surface area contributed by atoms with Crippen molar-refractivity contribution in [1.29, 1.82) is 0 Å². The Balaban J connectivity index is 1.88. The molecule has 146 valence electrons. The highest BCUT2D eigenvalue weighted by Gasteiger charge is 2.18. The van der Waals surface area contributed by atoms with Gasteiger partial charge in [0.05, 0.1) is 31.4 Å². The molecule has 0 bridgehead atoms. The van der Waals surface area contributed by atoms with Crippen LogP contribution < -0.4 is 14.8 Å². The van der Waals surface area contributed by atoms with Crippen LogP contribution in [0.25, 0.3) is 11.0 Å². The highest BCUT2D eigenvalue weighted by molar-refractivity contribution is 5.95. The zero-order valence-electron chi connectivity index (χ0n) is 16.2. The summed E-state index contributed by atoms with van der Waals surface area (Å²) in [7, 11) is 1.60. The molecule has 0 atom stereocenters. The van der Waals surface area contributed by atoms with Crippen LogP contribution in [0.1, 0.15) is 29.9 Å². The van der Waals surface area contributed by atoms with Gasteiger partial charge in [0.2, 0.25) is 0 Å². The molecule has 0 saturated carbocycles. The van der Waals surface area contributed by atoms with Crippen molar-refractivity contribution in [1.82, 2.24) is 9.97 Å². The first-order valence-electron chi connectivity index (χ1n) is 9.13. The number of nitrogens with one attached hydrogen (secondary N) is 1. The zero-order valence-corrected chi connectivity index (χ0v) is 16.2. The first-order chi connectivity index (χ1) is 13.7. The molecule has 0 aliphatic heterocycles. The van der Waals surface area contributed by atoms with Crippen molar-refractivity contribution in [3.63, 3.8) is 0 Å². The Morgan fingerprint density at radius 1 is 1.00 bits per heavy atom. The van der Waals surface area contributed by atoms with Gasteiger partial charge in [-0.05, 0) is 43.7 Å². The normalized spacial score (nSPS) is 10.5. The van der Waals surface area contributed by atoms with Crippen molar-refractivity contribution >= 4 is 22.8 Å². The average molecular weight is 381 g/mol. The fraction of sp³-hybridized carbons (Fsp3) is 0.286. The standard InChI is InChI=1S/C21H23N3O4/c1-4-27-17-11-10-14(12-18(17)26-3)13-22-20-19(21(25)28-5-2)23-15-8-6-7-9-16(15)24-20/h6-12H,4-5,13H2,1-3H3,(H,22,24). The first kappa shape index (κ1) is 19.4. The minimum Gasteiger partial charge on any atom is -0.493 e. The van der Waals surface area contributed by atoms with Gasteiger partial charge in [-0.2, -0.15) is 0 Å². The molecular formula is C21H23N3O4. The molecule has 0 radical (unpaired) electrons. The van der Waals surface area contributed by atoms with Crippen molar-refractivity contribution < 1.29 is 19.0 Å². The molecule has 0 saturated heterocycles. The van der Waals surface area contributed by atoms with E-state index in [4.69, 9.17) is 14.2 Å². The molecule has 0 spiro atoms. The van der Waals surface area contributed by atoms with Crippen LogP contribution in [0.4, 0.5) is 5.82 Å². The van der Waals surface area contributed by atoms with E-state index in [1.54, 1.807) is 14.0 Å². The van der Waals surface area contributed by atoms with Gasteiger partial charge >= 0.3 is 5.97 Å². The topological polar surface area (TPSA) is 82.6 Å². The summed E-state index contributed by atoms with van der Waals surface area (Å²) in [4.78, 5) is 21.3. The summed E-state index contributed by atoms with van der Waals surface area (Å²) in [6, 6.07) is 13.1. The van der Waals surface area contributed by atoms with Crippen molar-refractivity contribution in [2.75, 3.05) is 25.6 Å². The monoisotopic (exact) mass is 381 g/mol. The van der Waals surface area contributed by atoms with Gasteiger partial charge in [0.25, 0.3) is 0 Å². The maximum Gasteiger partial charge on any atom is 0.360 e. The highest BCUT2D eigenvalue weighted by Crippen LogP contribution is 2.28. The van der Waals surface area contributed by atoms with E-state index in [-0.39, 0.29) is 12.3 Å². The molecule has 1 N–H and O–H groups in total. The lowest BCUT2D eigenvalue weighted by Crippen LogP contribution is -2.14. The molecule has 0 amide bonds. The van der Waals surface area contributed by atoms with Crippen molar-refractivity contribution in [3.8, 4) is 11.5 Å². The minimum atomic E-state index is -0.507. The molecule has 0 fully saturated rings. The Morgan fingerprint density at radius 3 is 2.43 bits per heavy atom. The van der Waals surface area contributed by atoms with Crippen LogP contribution in [0.15, 0.2) is 42.5 Å². The Kier molecular flexibility index (Phi) is 6.26. The van der Waals surface area contributed by atoms with E-state index < -0.39 is 5.97 Å². The smallest absolute Gasteiger partial charge is 0.360 e. The van der Waals surface area contributed by atoms with E-state index >= 15 is 0 Å². The number of carbonyl (C=O) groups is 1. The van der Waals surface area contributed by atoms with E-state index in [9.17, 15) is 4.79 Å². The van der Waals surface area contributed by atoms with Crippen LogP contribution in [-0.4, -0.2) is 36.3 Å². The molecule has 0 aliphatic carbocycles. The quantitative estimate of drug-likeness (QED) is 0.594. The number of ether oxygens (including phenoxy) is 3. The largest absolute Gasteiger partial charge is 0.493 e. The molecule has 3 rings (SSSR count). The number of esters is 1. The van der Waals surface area contributed by atoms with E-state index in [0.29, 0.717) is 41.5 Å². The van der Waals surface area contributed by atoms with Crippen molar-refractivity contribution in [2.45, 2.75) is 20.4 Å². The molecule has 0 aliphatic rings.